The lowest BCUT2D eigenvalue weighted by molar-refractivity contribution is -0.135. The molecule has 0 saturated carbocycles. The van der Waals surface area contributed by atoms with Gasteiger partial charge in [0.05, 0.1) is 5.75 Å². The highest BCUT2D eigenvalue weighted by Crippen LogP contribution is 2.24. The van der Waals surface area contributed by atoms with Crippen LogP contribution in [0.4, 0.5) is 5.69 Å². The first-order valence-corrected chi connectivity index (χ1v) is 10.9. The second-order valence-electron chi connectivity index (χ2n) is 7.30. The molecule has 1 N–H and O–H groups in total. The number of amides is 1. The highest BCUT2D eigenvalue weighted by molar-refractivity contribution is 7.92. The maximum absolute atomic E-state index is 12.4. The number of nitrogens with zero attached hydrogens (tertiary/aromatic N) is 1. The summed E-state index contributed by atoms with van der Waals surface area (Å²) in [5, 5.41) is 0. The second kappa shape index (κ2) is 8.13. The van der Waals surface area contributed by atoms with Crippen molar-refractivity contribution in [1.82, 2.24) is 4.90 Å². The van der Waals surface area contributed by atoms with E-state index in [0.29, 0.717) is 25.2 Å². The smallest absolute Gasteiger partial charge is 0.233 e. The summed E-state index contributed by atoms with van der Waals surface area (Å²) in [5.41, 5.74) is 3.74. The summed E-state index contributed by atoms with van der Waals surface area (Å²) in [6.45, 7) is 5.04. The van der Waals surface area contributed by atoms with E-state index in [1.54, 1.807) is 6.07 Å². The standard InChI is InChI=1S/C21H26N2O3S/c1-16(2)21(24)23-12-10-18-8-9-20(14-19(18)15-23)22-27(25,26)13-11-17-6-4-3-5-7-17/h3-9,14,16,22H,10-13,15H2,1-2H3. The maximum Gasteiger partial charge on any atom is 0.233 e. The molecule has 0 saturated heterocycles. The molecule has 3 rings (SSSR count). The van der Waals surface area contributed by atoms with Crippen LogP contribution in [-0.4, -0.2) is 31.5 Å². The fraction of sp³-hybridized carbons (Fsp3) is 0.381. The SMILES string of the molecule is CC(C)C(=O)N1CCc2ccc(NS(=O)(=O)CCc3ccccc3)cc2C1. The van der Waals surface area contributed by atoms with E-state index in [1.807, 2.05) is 61.2 Å². The molecule has 1 aliphatic heterocycles. The van der Waals surface area contributed by atoms with Crippen molar-refractivity contribution in [3.05, 3.63) is 65.2 Å². The third-order valence-electron chi connectivity index (χ3n) is 4.80. The summed E-state index contributed by atoms with van der Waals surface area (Å²) in [6, 6.07) is 15.2. The maximum atomic E-state index is 12.4. The predicted molar refractivity (Wildman–Crippen MR) is 108 cm³/mol. The highest BCUT2D eigenvalue weighted by Gasteiger charge is 2.23. The van der Waals surface area contributed by atoms with Crippen LogP contribution < -0.4 is 4.72 Å². The Bertz CT molecular complexity index is 908. The Morgan fingerprint density at radius 1 is 1.11 bits per heavy atom. The van der Waals surface area contributed by atoms with Crippen molar-refractivity contribution in [3.8, 4) is 0 Å². The Kier molecular flexibility index (Phi) is 5.85. The van der Waals surface area contributed by atoms with Crippen LogP contribution in [0.1, 0.15) is 30.5 Å². The fourth-order valence-corrected chi connectivity index (χ4v) is 4.39. The van der Waals surface area contributed by atoms with Crippen LogP contribution in [0.15, 0.2) is 48.5 Å². The summed E-state index contributed by atoms with van der Waals surface area (Å²) >= 11 is 0. The van der Waals surface area contributed by atoms with E-state index in [9.17, 15) is 13.2 Å². The molecule has 0 bridgehead atoms. The zero-order valence-corrected chi connectivity index (χ0v) is 16.6. The molecule has 27 heavy (non-hydrogen) atoms. The number of benzene rings is 2. The van der Waals surface area contributed by atoms with Crippen LogP contribution in [-0.2, 0) is 34.2 Å². The van der Waals surface area contributed by atoms with Crippen molar-refractivity contribution < 1.29 is 13.2 Å². The molecule has 0 fully saturated rings. The minimum Gasteiger partial charge on any atom is -0.338 e. The molecule has 2 aromatic carbocycles. The average molecular weight is 387 g/mol. The van der Waals surface area contributed by atoms with Crippen molar-refractivity contribution in [2.45, 2.75) is 33.2 Å². The van der Waals surface area contributed by atoms with Crippen molar-refractivity contribution in [1.29, 1.82) is 0 Å². The monoisotopic (exact) mass is 386 g/mol. The topological polar surface area (TPSA) is 66.5 Å². The van der Waals surface area contributed by atoms with E-state index in [-0.39, 0.29) is 17.6 Å². The summed E-state index contributed by atoms with van der Waals surface area (Å²) in [7, 11) is -3.43. The first kappa shape index (κ1) is 19.4. The number of carbonyl (C=O) groups excluding carboxylic acids is 1. The number of rotatable bonds is 6. The largest absolute Gasteiger partial charge is 0.338 e. The van der Waals surface area contributed by atoms with Crippen molar-refractivity contribution in [3.63, 3.8) is 0 Å². The zero-order chi connectivity index (χ0) is 19.4. The molecule has 2 aromatic rings. The van der Waals surface area contributed by atoms with Crippen LogP contribution in [0.5, 0.6) is 0 Å². The molecule has 0 aromatic heterocycles. The lowest BCUT2D eigenvalue weighted by atomic mass is 9.98. The van der Waals surface area contributed by atoms with Crippen molar-refractivity contribution in [2.75, 3.05) is 17.0 Å². The minimum absolute atomic E-state index is 0.0338. The number of fused-ring (bicyclic) bond motifs is 1. The van der Waals surface area contributed by atoms with E-state index in [1.165, 1.54) is 5.56 Å². The van der Waals surface area contributed by atoms with Crippen LogP contribution in [0.3, 0.4) is 0 Å². The normalized spacial score (nSPS) is 14.1. The molecule has 0 unspecified atom stereocenters. The van der Waals surface area contributed by atoms with Gasteiger partial charge in [0.1, 0.15) is 0 Å². The van der Waals surface area contributed by atoms with Gasteiger partial charge in [0.25, 0.3) is 0 Å². The van der Waals surface area contributed by atoms with E-state index >= 15 is 0 Å². The Hall–Kier alpha value is -2.34. The summed E-state index contributed by atoms with van der Waals surface area (Å²) in [5.74, 6) is 0.132. The lowest BCUT2D eigenvalue weighted by Crippen LogP contribution is -2.38. The van der Waals surface area contributed by atoms with Crippen LogP contribution in [0.2, 0.25) is 0 Å². The van der Waals surface area contributed by atoms with Gasteiger partial charge in [-0.05, 0) is 41.7 Å². The molecule has 5 nitrogen and oxygen atoms in total. The Morgan fingerprint density at radius 2 is 1.85 bits per heavy atom. The first-order chi connectivity index (χ1) is 12.8. The van der Waals surface area contributed by atoms with Crippen molar-refractivity contribution in [2.24, 2.45) is 5.92 Å². The molecule has 144 valence electrons. The number of sulfonamides is 1. The minimum atomic E-state index is -3.43. The molecule has 0 aliphatic carbocycles. The molecule has 6 heteroatoms. The van der Waals surface area contributed by atoms with Gasteiger partial charge in [0, 0.05) is 24.7 Å². The van der Waals surface area contributed by atoms with E-state index < -0.39 is 10.0 Å². The second-order valence-corrected chi connectivity index (χ2v) is 9.15. The van der Waals surface area contributed by atoms with Gasteiger partial charge in [-0.15, -0.1) is 0 Å². The predicted octanol–water partition coefficient (Wildman–Crippen LogP) is 3.21. The van der Waals surface area contributed by atoms with Gasteiger partial charge in [-0.25, -0.2) is 8.42 Å². The van der Waals surface area contributed by atoms with Gasteiger partial charge in [-0.1, -0.05) is 50.2 Å². The molecular formula is C21H26N2O3S. The number of aryl methyl sites for hydroxylation is 1. The summed E-state index contributed by atoms with van der Waals surface area (Å²) < 4.78 is 27.5. The molecule has 0 spiro atoms. The van der Waals surface area contributed by atoms with Crippen LogP contribution in [0, 0.1) is 5.92 Å². The van der Waals surface area contributed by atoms with Gasteiger partial charge >= 0.3 is 0 Å². The third-order valence-corrected chi connectivity index (χ3v) is 6.09. The first-order valence-electron chi connectivity index (χ1n) is 9.29. The van der Waals surface area contributed by atoms with Gasteiger partial charge in [0.2, 0.25) is 15.9 Å². The van der Waals surface area contributed by atoms with Gasteiger partial charge in [0.15, 0.2) is 0 Å². The van der Waals surface area contributed by atoms with E-state index in [4.69, 9.17) is 0 Å². The Morgan fingerprint density at radius 3 is 2.56 bits per heavy atom. The molecule has 1 aliphatic rings. The van der Waals surface area contributed by atoms with Gasteiger partial charge in [-0.2, -0.15) is 0 Å². The Labute approximate surface area is 161 Å². The van der Waals surface area contributed by atoms with Crippen LogP contribution >= 0.6 is 0 Å². The van der Waals surface area contributed by atoms with Crippen LogP contribution in [0.25, 0.3) is 0 Å². The molecule has 0 radical (unpaired) electrons. The fourth-order valence-electron chi connectivity index (χ4n) is 3.30. The average Bonchev–Trinajstić information content (AvgIpc) is 2.65. The zero-order valence-electron chi connectivity index (χ0n) is 15.8. The summed E-state index contributed by atoms with van der Waals surface area (Å²) in [6.07, 6.45) is 1.27. The molecule has 0 atom stereocenters. The molecule has 1 heterocycles. The Balaban J connectivity index is 1.67. The lowest BCUT2D eigenvalue weighted by Gasteiger charge is -2.30. The number of nitrogens with one attached hydrogen (secondary N) is 1. The number of hydrogen-bond acceptors (Lipinski definition) is 3. The van der Waals surface area contributed by atoms with Gasteiger partial charge < -0.3 is 4.90 Å². The molecular weight excluding hydrogens is 360 g/mol. The van der Waals surface area contributed by atoms with Gasteiger partial charge in [-0.3, -0.25) is 9.52 Å². The number of carbonyl (C=O) groups is 1. The number of anilines is 1. The summed E-state index contributed by atoms with van der Waals surface area (Å²) in [4.78, 5) is 14.1. The third kappa shape index (κ3) is 5.10. The van der Waals surface area contributed by atoms with E-state index in [0.717, 1.165) is 17.5 Å². The quantitative estimate of drug-likeness (QED) is 0.829. The van der Waals surface area contributed by atoms with E-state index in [2.05, 4.69) is 4.72 Å². The molecule has 1 amide bonds. The highest BCUT2D eigenvalue weighted by atomic mass is 32.2. The number of hydrogen-bond donors (Lipinski definition) is 1. The van der Waals surface area contributed by atoms with Crippen molar-refractivity contribution >= 4 is 21.6 Å².